The van der Waals surface area contributed by atoms with E-state index in [0.717, 1.165) is 18.7 Å². The van der Waals surface area contributed by atoms with Gasteiger partial charge < -0.3 is 4.90 Å². The van der Waals surface area contributed by atoms with Crippen molar-refractivity contribution in [2.75, 3.05) is 13.6 Å². The number of benzene rings is 2. The first-order chi connectivity index (χ1) is 11.0. The molecule has 0 spiro atoms. The summed E-state index contributed by atoms with van der Waals surface area (Å²) in [4.78, 5) is 10.8. The van der Waals surface area contributed by atoms with Crippen molar-refractivity contribution in [3.8, 4) is 0 Å². The molecule has 3 heteroatoms. The number of nitrogens with zero attached hydrogens (tertiary/aromatic N) is 3. The van der Waals surface area contributed by atoms with Gasteiger partial charge in [-0.2, -0.15) is 0 Å². The molecule has 0 saturated carbocycles. The minimum atomic E-state index is 0.783. The standard InChI is InChI=1S/C20H25N3/c1-16-5-8-19(9-6-16)11-12-21-14-23(4)15-22-20-10-7-17(2)13-18(20)3/h5-10,13-15H,11-12H2,1-4H3. The lowest BCUT2D eigenvalue weighted by Crippen LogP contribution is -2.13. The molecule has 0 amide bonds. The Morgan fingerprint density at radius 1 is 0.913 bits per heavy atom. The first kappa shape index (κ1) is 16.9. The molecule has 0 saturated heterocycles. The van der Waals surface area contributed by atoms with Gasteiger partial charge in [0.2, 0.25) is 0 Å². The second kappa shape index (κ2) is 8.28. The van der Waals surface area contributed by atoms with Gasteiger partial charge in [0.05, 0.1) is 18.4 Å². The predicted octanol–water partition coefficient (Wildman–Crippen LogP) is 4.47. The summed E-state index contributed by atoms with van der Waals surface area (Å²) in [6, 6.07) is 14.9. The lowest BCUT2D eigenvalue weighted by atomic mass is 10.1. The zero-order valence-electron chi connectivity index (χ0n) is 14.5. The van der Waals surface area contributed by atoms with Gasteiger partial charge in [-0.3, -0.25) is 4.99 Å². The van der Waals surface area contributed by atoms with Crippen molar-refractivity contribution < 1.29 is 0 Å². The molecule has 0 aliphatic carbocycles. The first-order valence-electron chi connectivity index (χ1n) is 7.93. The Bertz CT molecular complexity index is 685. The number of rotatable bonds is 6. The van der Waals surface area contributed by atoms with Gasteiger partial charge in [0.25, 0.3) is 0 Å². The summed E-state index contributed by atoms with van der Waals surface area (Å²) in [6.07, 6.45) is 4.58. The second-order valence-electron chi connectivity index (χ2n) is 5.96. The van der Waals surface area contributed by atoms with Crippen molar-refractivity contribution >= 4 is 18.4 Å². The predicted molar refractivity (Wildman–Crippen MR) is 100 cm³/mol. The topological polar surface area (TPSA) is 28.0 Å². The number of hydrogen-bond donors (Lipinski definition) is 0. The van der Waals surface area contributed by atoms with E-state index in [1.807, 2.05) is 24.4 Å². The number of aryl methyl sites for hydroxylation is 3. The fraction of sp³-hybridized carbons (Fsp3) is 0.300. The van der Waals surface area contributed by atoms with E-state index in [1.54, 1.807) is 6.34 Å². The highest BCUT2D eigenvalue weighted by atomic mass is 15.1. The summed E-state index contributed by atoms with van der Waals surface area (Å²) >= 11 is 0. The van der Waals surface area contributed by atoms with Gasteiger partial charge in [-0.15, -0.1) is 0 Å². The maximum Gasteiger partial charge on any atom is 0.0961 e. The van der Waals surface area contributed by atoms with Crippen molar-refractivity contribution in [1.29, 1.82) is 0 Å². The van der Waals surface area contributed by atoms with Crippen molar-refractivity contribution in [3.63, 3.8) is 0 Å². The average molecular weight is 307 g/mol. The van der Waals surface area contributed by atoms with Gasteiger partial charge in [0.15, 0.2) is 0 Å². The summed E-state index contributed by atoms with van der Waals surface area (Å²) in [5, 5.41) is 0. The van der Waals surface area contributed by atoms with Crippen LogP contribution in [0.25, 0.3) is 0 Å². The van der Waals surface area contributed by atoms with Crippen LogP contribution in [0.1, 0.15) is 22.3 Å². The molecule has 0 aliphatic heterocycles. The molecule has 0 aliphatic rings. The van der Waals surface area contributed by atoms with E-state index in [2.05, 4.69) is 67.2 Å². The van der Waals surface area contributed by atoms with Gasteiger partial charge in [-0.05, 0) is 44.4 Å². The molecule has 3 nitrogen and oxygen atoms in total. The van der Waals surface area contributed by atoms with E-state index in [0.29, 0.717) is 0 Å². The largest absolute Gasteiger partial charge is 0.327 e. The Kier molecular flexibility index (Phi) is 6.10. The molecule has 0 unspecified atom stereocenters. The van der Waals surface area contributed by atoms with Crippen LogP contribution in [0.4, 0.5) is 5.69 Å². The van der Waals surface area contributed by atoms with Crippen LogP contribution in [0.5, 0.6) is 0 Å². The fourth-order valence-electron chi connectivity index (χ4n) is 2.27. The summed E-state index contributed by atoms with van der Waals surface area (Å²) in [7, 11) is 1.95. The fourth-order valence-corrected chi connectivity index (χ4v) is 2.27. The maximum atomic E-state index is 4.50. The Hall–Kier alpha value is -2.42. The van der Waals surface area contributed by atoms with Crippen LogP contribution in [-0.4, -0.2) is 31.2 Å². The molecule has 120 valence electrons. The van der Waals surface area contributed by atoms with Crippen molar-refractivity contribution in [2.24, 2.45) is 9.98 Å². The molecule has 0 fully saturated rings. The summed E-state index contributed by atoms with van der Waals surface area (Å²) in [5.41, 5.74) is 6.05. The minimum Gasteiger partial charge on any atom is -0.327 e. The second-order valence-corrected chi connectivity index (χ2v) is 5.96. The van der Waals surface area contributed by atoms with Crippen LogP contribution in [0.15, 0.2) is 52.4 Å². The summed E-state index contributed by atoms with van der Waals surface area (Å²) in [6.45, 7) is 7.06. The van der Waals surface area contributed by atoms with Crippen LogP contribution in [0.3, 0.4) is 0 Å². The molecule has 0 atom stereocenters. The highest BCUT2D eigenvalue weighted by Crippen LogP contribution is 2.18. The Morgan fingerprint density at radius 3 is 2.30 bits per heavy atom. The van der Waals surface area contributed by atoms with Gasteiger partial charge in [-0.25, -0.2) is 4.99 Å². The minimum absolute atomic E-state index is 0.783. The maximum absolute atomic E-state index is 4.50. The third kappa shape index (κ3) is 5.70. The van der Waals surface area contributed by atoms with E-state index in [9.17, 15) is 0 Å². The van der Waals surface area contributed by atoms with Crippen molar-refractivity contribution in [1.82, 2.24) is 4.90 Å². The zero-order chi connectivity index (χ0) is 16.7. The average Bonchev–Trinajstić information content (AvgIpc) is 2.52. The third-order valence-corrected chi connectivity index (χ3v) is 3.65. The van der Waals surface area contributed by atoms with E-state index in [1.165, 1.54) is 22.3 Å². The molecule has 23 heavy (non-hydrogen) atoms. The molecule has 0 radical (unpaired) electrons. The van der Waals surface area contributed by atoms with Gasteiger partial charge in [0, 0.05) is 13.6 Å². The van der Waals surface area contributed by atoms with E-state index >= 15 is 0 Å². The highest BCUT2D eigenvalue weighted by Gasteiger charge is 1.96. The SMILES string of the molecule is Cc1ccc(CCN=CN(C)C=Nc2ccc(C)cc2C)cc1. The van der Waals surface area contributed by atoms with Gasteiger partial charge in [-0.1, -0.05) is 47.5 Å². The molecule has 0 bridgehead atoms. The van der Waals surface area contributed by atoms with E-state index < -0.39 is 0 Å². The van der Waals surface area contributed by atoms with Crippen LogP contribution < -0.4 is 0 Å². The monoisotopic (exact) mass is 307 g/mol. The first-order valence-corrected chi connectivity index (χ1v) is 7.93. The third-order valence-electron chi connectivity index (χ3n) is 3.65. The smallest absolute Gasteiger partial charge is 0.0961 e. The molecule has 2 rings (SSSR count). The van der Waals surface area contributed by atoms with Gasteiger partial charge >= 0.3 is 0 Å². The Morgan fingerprint density at radius 2 is 1.61 bits per heavy atom. The Balaban J connectivity index is 1.82. The van der Waals surface area contributed by atoms with E-state index in [-0.39, 0.29) is 0 Å². The zero-order valence-corrected chi connectivity index (χ0v) is 14.5. The molecule has 2 aromatic rings. The Labute approximate surface area is 139 Å². The lowest BCUT2D eigenvalue weighted by molar-refractivity contribution is 0.789. The van der Waals surface area contributed by atoms with Crippen LogP contribution in [0.2, 0.25) is 0 Å². The number of aliphatic imine (C=N–C) groups is 2. The number of hydrogen-bond acceptors (Lipinski definition) is 2. The molecule has 0 aromatic heterocycles. The molecular weight excluding hydrogens is 282 g/mol. The van der Waals surface area contributed by atoms with Crippen molar-refractivity contribution in [3.05, 3.63) is 64.7 Å². The summed E-state index contributed by atoms with van der Waals surface area (Å²) < 4.78 is 0. The molecular formula is C20H25N3. The van der Waals surface area contributed by atoms with E-state index in [4.69, 9.17) is 0 Å². The molecule has 0 N–H and O–H groups in total. The highest BCUT2D eigenvalue weighted by molar-refractivity contribution is 5.77. The lowest BCUT2D eigenvalue weighted by Gasteiger charge is -2.06. The van der Waals surface area contributed by atoms with Crippen LogP contribution >= 0.6 is 0 Å². The van der Waals surface area contributed by atoms with Crippen LogP contribution in [-0.2, 0) is 6.42 Å². The summed E-state index contributed by atoms with van der Waals surface area (Å²) in [5.74, 6) is 0. The quantitative estimate of drug-likeness (QED) is 0.571. The van der Waals surface area contributed by atoms with Crippen LogP contribution in [0, 0.1) is 20.8 Å². The van der Waals surface area contributed by atoms with Gasteiger partial charge in [0.1, 0.15) is 0 Å². The molecule has 0 heterocycles. The molecule has 2 aromatic carbocycles. The normalized spacial score (nSPS) is 11.5. The van der Waals surface area contributed by atoms with Crippen molar-refractivity contribution in [2.45, 2.75) is 27.2 Å².